The molecule has 0 unspecified atom stereocenters. The average Bonchev–Trinajstić information content (AvgIpc) is 3.28. The highest BCUT2D eigenvalue weighted by Gasteiger charge is 2.32. The Bertz CT molecular complexity index is 867. The Morgan fingerprint density at radius 2 is 2.25 bits per heavy atom. The van der Waals surface area contributed by atoms with Gasteiger partial charge in [0.15, 0.2) is 0 Å². The molecular formula is C18H19N3O3. The van der Waals surface area contributed by atoms with Crippen LogP contribution < -0.4 is 0 Å². The standard InChI is InChI=1S/C18H19N3O3/c1-2-13-6-7-17(24-13)16-12-23-10-9-20(16)18(22)14-11-19-21-8-4-3-5-15(14)21/h3-8,11,16H,2,9-10,12H2,1H3/t16-/m0/s1. The first-order valence-corrected chi connectivity index (χ1v) is 8.17. The quantitative estimate of drug-likeness (QED) is 0.743. The van der Waals surface area contributed by atoms with Crippen molar-refractivity contribution in [3.63, 3.8) is 0 Å². The first kappa shape index (κ1) is 15.0. The zero-order valence-corrected chi connectivity index (χ0v) is 13.5. The molecule has 0 bridgehead atoms. The zero-order chi connectivity index (χ0) is 16.5. The summed E-state index contributed by atoms with van der Waals surface area (Å²) in [5, 5.41) is 4.26. The molecule has 0 saturated carbocycles. The molecule has 0 radical (unpaired) electrons. The maximum Gasteiger partial charge on any atom is 0.258 e. The first-order valence-electron chi connectivity index (χ1n) is 8.17. The van der Waals surface area contributed by atoms with Gasteiger partial charge in [0.1, 0.15) is 17.6 Å². The molecule has 0 aromatic carbocycles. The van der Waals surface area contributed by atoms with Gasteiger partial charge in [-0.25, -0.2) is 4.52 Å². The molecule has 0 aliphatic carbocycles. The van der Waals surface area contributed by atoms with Crippen molar-refractivity contribution in [1.82, 2.24) is 14.5 Å². The van der Waals surface area contributed by atoms with E-state index in [4.69, 9.17) is 9.15 Å². The van der Waals surface area contributed by atoms with E-state index in [0.29, 0.717) is 25.3 Å². The summed E-state index contributed by atoms with van der Waals surface area (Å²) >= 11 is 0. The Hall–Kier alpha value is -2.60. The monoisotopic (exact) mass is 325 g/mol. The minimum absolute atomic E-state index is 0.0426. The minimum Gasteiger partial charge on any atom is -0.464 e. The lowest BCUT2D eigenvalue weighted by atomic mass is 10.1. The van der Waals surface area contributed by atoms with E-state index in [9.17, 15) is 4.79 Å². The van der Waals surface area contributed by atoms with Gasteiger partial charge in [0.05, 0.1) is 30.5 Å². The van der Waals surface area contributed by atoms with Crippen LogP contribution in [0.3, 0.4) is 0 Å². The van der Waals surface area contributed by atoms with Crippen molar-refractivity contribution in [1.29, 1.82) is 0 Å². The van der Waals surface area contributed by atoms with E-state index in [2.05, 4.69) is 5.10 Å². The van der Waals surface area contributed by atoms with Gasteiger partial charge in [-0.15, -0.1) is 0 Å². The minimum atomic E-state index is -0.204. The molecule has 6 heteroatoms. The maximum absolute atomic E-state index is 13.1. The van der Waals surface area contributed by atoms with Crippen LogP contribution in [0.4, 0.5) is 0 Å². The fraction of sp³-hybridized carbons (Fsp3) is 0.333. The Labute approximate surface area is 139 Å². The van der Waals surface area contributed by atoms with E-state index in [-0.39, 0.29) is 11.9 Å². The highest BCUT2D eigenvalue weighted by molar-refractivity contribution is 6.00. The van der Waals surface area contributed by atoms with Crippen LogP contribution in [0, 0.1) is 0 Å². The van der Waals surface area contributed by atoms with Crippen LogP contribution in [-0.4, -0.2) is 40.2 Å². The van der Waals surface area contributed by atoms with E-state index >= 15 is 0 Å². The van der Waals surface area contributed by atoms with Crippen LogP contribution in [0.5, 0.6) is 0 Å². The number of fused-ring (bicyclic) bond motifs is 1. The van der Waals surface area contributed by atoms with Crippen LogP contribution in [0.15, 0.2) is 47.1 Å². The van der Waals surface area contributed by atoms with E-state index in [0.717, 1.165) is 23.5 Å². The van der Waals surface area contributed by atoms with Crippen molar-refractivity contribution in [3.05, 3.63) is 59.8 Å². The summed E-state index contributed by atoms with van der Waals surface area (Å²) in [5.41, 5.74) is 1.41. The van der Waals surface area contributed by atoms with Gasteiger partial charge in [-0.3, -0.25) is 4.79 Å². The molecule has 3 aromatic rings. The second-order valence-electron chi connectivity index (χ2n) is 5.84. The molecule has 1 aliphatic rings. The van der Waals surface area contributed by atoms with E-state index in [1.165, 1.54) is 0 Å². The smallest absolute Gasteiger partial charge is 0.258 e. The lowest BCUT2D eigenvalue weighted by molar-refractivity contribution is -0.00891. The largest absolute Gasteiger partial charge is 0.464 e. The number of carbonyl (C=O) groups is 1. The van der Waals surface area contributed by atoms with Gasteiger partial charge in [0, 0.05) is 19.2 Å². The summed E-state index contributed by atoms with van der Waals surface area (Å²) < 4.78 is 13.2. The fourth-order valence-electron chi connectivity index (χ4n) is 3.10. The molecule has 124 valence electrons. The maximum atomic E-state index is 13.1. The Morgan fingerprint density at radius 1 is 1.33 bits per heavy atom. The molecule has 6 nitrogen and oxygen atoms in total. The van der Waals surface area contributed by atoms with Gasteiger partial charge in [-0.05, 0) is 24.3 Å². The van der Waals surface area contributed by atoms with E-state index in [1.807, 2.05) is 48.4 Å². The molecule has 24 heavy (non-hydrogen) atoms. The number of furan rings is 1. The molecule has 0 N–H and O–H groups in total. The summed E-state index contributed by atoms with van der Waals surface area (Å²) in [6, 6.07) is 9.39. The third kappa shape index (κ3) is 2.49. The Morgan fingerprint density at radius 3 is 3.08 bits per heavy atom. The number of pyridine rings is 1. The number of hydrogen-bond donors (Lipinski definition) is 0. The van der Waals surface area contributed by atoms with Gasteiger partial charge >= 0.3 is 0 Å². The second kappa shape index (κ2) is 6.13. The molecule has 1 amide bonds. The van der Waals surface area contributed by atoms with Gasteiger partial charge in [-0.2, -0.15) is 5.10 Å². The first-order chi connectivity index (χ1) is 11.8. The molecule has 1 fully saturated rings. The van der Waals surface area contributed by atoms with Crippen molar-refractivity contribution in [2.45, 2.75) is 19.4 Å². The molecule has 0 spiro atoms. The number of aryl methyl sites for hydroxylation is 1. The van der Waals surface area contributed by atoms with Gasteiger partial charge in [-0.1, -0.05) is 13.0 Å². The van der Waals surface area contributed by atoms with Crippen LogP contribution in [0.25, 0.3) is 5.52 Å². The van der Waals surface area contributed by atoms with Crippen molar-refractivity contribution < 1.29 is 13.9 Å². The van der Waals surface area contributed by atoms with Gasteiger partial charge in [0.2, 0.25) is 0 Å². The van der Waals surface area contributed by atoms with E-state index in [1.54, 1.807) is 10.7 Å². The average molecular weight is 325 g/mol. The SMILES string of the molecule is CCc1ccc([C@@H]2COCCN2C(=O)c2cnn3ccccc23)o1. The van der Waals surface area contributed by atoms with Crippen molar-refractivity contribution in [2.24, 2.45) is 0 Å². The number of aromatic nitrogens is 2. The topological polar surface area (TPSA) is 60.0 Å². The van der Waals surface area contributed by atoms with Crippen molar-refractivity contribution in [2.75, 3.05) is 19.8 Å². The molecule has 4 rings (SSSR count). The van der Waals surface area contributed by atoms with Crippen LogP contribution in [0.1, 0.15) is 34.8 Å². The lowest BCUT2D eigenvalue weighted by Crippen LogP contribution is -2.43. The van der Waals surface area contributed by atoms with Gasteiger partial charge < -0.3 is 14.1 Å². The number of hydrogen-bond acceptors (Lipinski definition) is 4. The number of rotatable bonds is 3. The highest BCUT2D eigenvalue weighted by Crippen LogP contribution is 2.28. The third-order valence-electron chi connectivity index (χ3n) is 4.41. The number of amides is 1. The summed E-state index contributed by atoms with van der Waals surface area (Å²) in [6.07, 6.45) is 4.29. The van der Waals surface area contributed by atoms with E-state index < -0.39 is 0 Å². The molecule has 4 heterocycles. The summed E-state index contributed by atoms with van der Waals surface area (Å²) in [7, 11) is 0. The third-order valence-corrected chi connectivity index (χ3v) is 4.41. The van der Waals surface area contributed by atoms with Crippen LogP contribution in [0.2, 0.25) is 0 Å². The fourth-order valence-corrected chi connectivity index (χ4v) is 3.10. The molecule has 1 saturated heterocycles. The Kier molecular flexibility index (Phi) is 3.82. The number of ether oxygens (including phenoxy) is 1. The highest BCUT2D eigenvalue weighted by atomic mass is 16.5. The summed E-state index contributed by atoms with van der Waals surface area (Å²) in [5.74, 6) is 1.65. The number of carbonyl (C=O) groups excluding carboxylic acids is 1. The van der Waals surface area contributed by atoms with Crippen molar-refractivity contribution in [3.8, 4) is 0 Å². The van der Waals surface area contributed by atoms with Crippen LogP contribution in [-0.2, 0) is 11.2 Å². The molecule has 1 aliphatic heterocycles. The predicted molar refractivity (Wildman–Crippen MR) is 87.9 cm³/mol. The normalized spacial score (nSPS) is 18.2. The van der Waals surface area contributed by atoms with Gasteiger partial charge in [0.25, 0.3) is 5.91 Å². The summed E-state index contributed by atoms with van der Waals surface area (Å²) in [4.78, 5) is 14.9. The molecular weight excluding hydrogens is 306 g/mol. The lowest BCUT2D eigenvalue weighted by Gasteiger charge is -2.34. The molecule has 3 aromatic heterocycles. The van der Waals surface area contributed by atoms with Crippen molar-refractivity contribution >= 4 is 11.4 Å². The molecule has 1 atom stereocenters. The zero-order valence-electron chi connectivity index (χ0n) is 13.5. The number of morpholine rings is 1. The van der Waals surface area contributed by atoms with Crippen LogP contribution >= 0.6 is 0 Å². The second-order valence-corrected chi connectivity index (χ2v) is 5.84. The number of nitrogens with zero attached hydrogens (tertiary/aromatic N) is 3. The predicted octanol–water partition coefficient (Wildman–Crippen LogP) is 2.70. The summed E-state index contributed by atoms with van der Waals surface area (Å²) in [6.45, 7) is 3.56. The Balaban J connectivity index is 1.68.